The van der Waals surface area contributed by atoms with Crippen LogP contribution in [0.3, 0.4) is 0 Å². The van der Waals surface area contributed by atoms with Crippen LogP contribution >= 0.6 is 0 Å². The van der Waals surface area contributed by atoms with Crippen molar-refractivity contribution in [2.24, 2.45) is 0 Å². The van der Waals surface area contributed by atoms with Crippen LogP contribution in [-0.4, -0.2) is 20.2 Å². The zero-order valence-corrected chi connectivity index (χ0v) is 9.52. The molecule has 4 heteroatoms. The van der Waals surface area contributed by atoms with E-state index in [0.29, 0.717) is 5.69 Å². The van der Waals surface area contributed by atoms with E-state index < -0.39 is 0 Å². The van der Waals surface area contributed by atoms with Crippen LogP contribution in [0.5, 0.6) is 5.75 Å². The summed E-state index contributed by atoms with van der Waals surface area (Å²) in [6.45, 7) is 2.15. The molecular weight excluding hydrogens is 202 g/mol. The minimum atomic E-state index is 0.526. The van der Waals surface area contributed by atoms with E-state index in [4.69, 9.17) is 10.1 Å². The monoisotopic (exact) mass is 218 g/mol. The Morgan fingerprint density at radius 3 is 2.62 bits per heavy atom. The van der Waals surface area contributed by atoms with Crippen molar-refractivity contribution in [2.45, 2.75) is 19.3 Å². The highest BCUT2D eigenvalue weighted by Crippen LogP contribution is 2.33. The largest absolute Gasteiger partial charge is 0.494 e. The van der Waals surface area contributed by atoms with Crippen LogP contribution in [0.4, 0.5) is 11.4 Å². The Bertz CT molecular complexity index is 405. The Balaban J connectivity index is 2.29. The summed E-state index contributed by atoms with van der Waals surface area (Å²) >= 11 is 0. The molecule has 0 amide bonds. The van der Waals surface area contributed by atoms with Gasteiger partial charge in [0.2, 0.25) is 5.39 Å². The lowest BCUT2D eigenvalue weighted by atomic mass is 10.1. The van der Waals surface area contributed by atoms with Crippen molar-refractivity contribution in [1.29, 1.82) is 5.39 Å². The van der Waals surface area contributed by atoms with Crippen molar-refractivity contribution in [3.8, 4) is 5.75 Å². The SMILES string of the molecule is COc1cc([N+]#N)ccc1N1CCCCC1. The maximum atomic E-state index is 8.71. The molecule has 1 fully saturated rings. The van der Waals surface area contributed by atoms with Gasteiger partial charge in [-0.15, -0.1) is 0 Å². The van der Waals surface area contributed by atoms with E-state index >= 15 is 0 Å². The van der Waals surface area contributed by atoms with Crippen molar-refractivity contribution in [2.75, 3.05) is 25.1 Å². The fraction of sp³-hybridized carbons (Fsp3) is 0.500. The van der Waals surface area contributed by atoms with E-state index in [2.05, 4.69) is 9.88 Å². The fourth-order valence-electron chi connectivity index (χ4n) is 2.12. The summed E-state index contributed by atoms with van der Waals surface area (Å²) in [4.78, 5) is 5.49. The molecule has 0 aromatic heterocycles. The van der Waals surface area contributed by atoms with Gasteiger partial charge in [-0.2, -0.15) is 0 Å². The van der Waals surface area contributed by atoms with Crippen molar-refractivity contribution >= 4 is 11.4 Å². The minimum absolute atomic E-state index is 0.526. The van der Waals surface area contributed by atoms with Crippen LogP contribution in [0.25, 0.3) is 4.98 Å². The fourth-order valence-corrected chi connectivity index (χ4v) is 2.12. The van der Waals surface area contributed by atoms with E-state index in [9.17, 15) is 0 Å². The predicted octanol–water partition coefficient (Wildman–Crippen LogP) is 3.17. The van der Waals surface area contributed by atoms with Gasteiger partial charge >= 0.3 is 5.69 Å². The summed E-state index contributed by atoms with van der Waals surface area (Å²) in [7, 11) is 1.64. The lowest BCUT2D eigenvalue weighted by Crippen LogP contribution is -2.29. The average Bonchev–Trinajstić information content (AvgIpc) is 2.39. The minimum Gasteiger partial charge on any atom is -0.494 e. The van der Waals surface area contributed by atoms with E-state index in [0.717, 1.165) is 24.5 Å². The quantitative estimate of drug-likeness (QED) is 0.716. The summed E-state index contributed by atoms with van der Waals surface area (Å²) in [5, 5.41) is 8.71. The third-order valence-electron chi connectivity index (χ3n) is 2.98. The van der Waals surface area contributed by atoms with Gasteiger partial charge in [-0.25, -0.2) is 0 Å². The van der Waals surface area contributed by atoms with Crippen molar-refractivity contribution in [3.63, 3.8) is 0 Å². The number of piperidine rings is 1. The Morgan fingerprint density at radius 2 is 2.00 bits per heavy atom. The normalized spacial score (nSPS) is 15.6. The second-order valence-electron chi connectivity index (χ2n) is 4.00. The molecule has 1 heterocycles. The van der Waals surface area contributed by atoms with Gasteiger partial charge in [0.25, 0.3) is 0 Å². The molecule has 16 heavy (non-hydrogen) atoms. The average molecular weight is 218 g/mol. The van der Waals surface area contributed by atoms with Crippen molar-refractivity contribution in [3.05, 3.63) is 23.2 Å². The molecule has 0 atom stereocenters. The van der Waals surface area contributed by atoms with Gasteiger partial charge in [0.1, 0.15) is 5.75 Å². The summed E-state index contributed by atoms with van der Waals surface area (Å²) in [6.07, 6.45) is 3.77. The summed E-state index contributed by atoms with van der Waals surface area (Å²) in [6, 6.07) is 5.51. The second kappa shape index (κ2) is 4.84. The van der Waals surface area contributed by atoms with Gasteiger partial charge in [0, 0.05) is 19.2 Å². The maximum absolute atomic E-state index is 8.71. The number of anilines is 1. The molecule has 0 radical (unpaired) electrons. The molecule has 4 nitrogen and oxygen atoms in total. The zero-order chi connectivity index (χ0) is 11.4. The third kappa shape index (κ3) is 2.08. The molecule has 0 spiro atoms. The molecule has 1 aliphatic heterocycles. The highest BCUT2D eigenvalue weighted by atomic mass is 16.5. The predicted molar refractivity (Wildman–Crippen MR) is 63.8 cm³/mol. The summed E-state index contributed by atoms with van der Waals surface area (Å²) in [5.74, 6) is 0.775. The molecule has 0 aliphatic carbocycles. The lowest BCUT2D eigenvalue weighted by molar-refractivity contribution is 0.413. The molecule has 2 rings (SSSR count). The maximum Gasteiger partial charge on any atom is 0.388 e. The Hall–Kier alpha value is -1.76. The Kier molecular flexibility index (Phi) is 3.25. The first-order valence-electron chi connectivity index (χ1n) is 5.63. The van der Waals surface area contributed by atoms with E-state index in [1.165, 1.54) is 19.3 Å². The summed E-state index contributed by atoms with van der Waals surface area (Å²) in [5.41, 5.74) is 1.62. The van der Waals surface area contributed by atoms with Crippen LogP contribution in [0, 0.1) is 5.39 Å². The Labute approximate surface area is 95.4 Å². The number of hydrogen-bond donors (Lipinski definition) is 0. The lowest BCUT2D eigenvalue weighted by Gasteiger charge is -2.29. The van der Waals surface area contributed by atoms with Gasteiger partial charge in [-0.3, -0.25) is 0 Å². The van der Waals surface area contributed by atoms with Crippen LogP contribution in [0.15, 0.2) is 18.2 Å². The number of nitrogens with zero attached hydrogens (tertiary/aromatic N) is 3. The molecule has 0 N–H and O–H groups in total. The van der Waals surface area contributed by atoms with Crippen LogP contribution in [0.1, 0.15) is 19.3 Å². The van der Waals surface area contributed by atoms with Crippen LogP contribution in [0.2, 0.25) is 0 Å². The second-order valence-corrected chi connectivity index (χ2v) is 4.00. The summed E-state index contributed by atoms with van der Waals surface area (Å²) < 4.78 is 5.33. The first-order chi connectivity index (χ1) is 7.85. The Morgan fingerprint density at radius 1 is 1.25 bits per heavy atom. The first-order valence-corrected chi connectivity index (χ1v) is 5.63. The van der Waals surface area contributed by atoms with E-state index in [1.807, 2.05) is 6.07 Å². The topological polar surface area (TPSA) is 40.6 Å². The molecule has 1 aromatic rings. The third-order valence-corrected chi connectivity index (χ3v) is 2.98. The highest BCUT2D eigenvalue weighted by Gasteiger charge is 2.17. The van der Waals surface area contributed by atoms with E-state index in [1.54, 1.807) is 19.2 Å². The number of rotatable bonds is 2. The number of benzene rings is 1. The first kappa shape index (κ1) is 10.7. The zero-order valence-electron chi connectivity index (χ0n) is 9.52. The van der Waals surface area contributed by atoms with Gasteiger partial charge in [0.15, 0.2) is 4.98 Å². The molecule has 84 valence electrons. The molecule has 0 unspecified atom stereocenters. The van der Waals surface area contributed by atoms with Gasteiger partial charge in [0.05, 0.1) is 18.9 Å². The number of hydrogen-bond acceptors (Lipinski definition) is 3. The van der Waals surface area contributed by atoms with Gasteiger partial charge in [-0.05, 0) is 25.3 Å². The van der Waals surface area contributed by atoms with E-state index in [-0.39, 0.29) is 0 Å². The highest BCUT2D eigenvalue weighted by molar-refractivity contribution is 5.65. The van der Waals surface area contributed by atoms with Crippen LogP contribution < -0.4 is 9.64 Å². The molecule has 0 saturated carbocycles. The standard InChI is InChI=1S/C12H16N3O/c1-16-12-9-10(14-13)5-6-11(12)15-7-3-2-4-8-15/h5-6,9H,2-4,7-8H2,1H3/q+1. The number of ether oxygens (including phenoxy) is 1. The molecule has 1 aromatic carbocycles. The van der Waals surface area contributed by atoms with Gasteiger partial charge in [-0.1, -0.05) is 0 Å². The molecular formula is C12H16N3O+. The van der Waals surface area contributed by atoms with Crippen molar-refractivity contribution in [1.82, 2.24) is 0 Å². The van der Waals surface area contributed by atoms with Gasteiger partial charge < -0.3 is 9.64 Å². The van der Waals surface area contributed by atoms with Crippen molar-refractivity contribution < 1.29 is 4.74 Å². The number of diazo groups is 1. The molecule has 1 saturated heterocycles. The smallest absolute Gasteiger partial charge is 0.388 e. The molecule has 0 bridgehead atoms. The van der Waals surface area contributed by atoms with Crippen LogP contribution in [-0.2, 0) is 0 Å². The molecule has 1 aliphatic rings. The number of methoxy groups -OCH3 is 1.